The molecule has 6 heteroatoms. The van der Waals surface area contributed by atoms with Crippen LogP contribution in [0, 0.1) is 6.92 Å². The fourth-order valence-corrected chi connectivity index (χ4v) is 4.07. The van der Waals surface area contributed by atoms with Crippen LogP contribution in [0.1, 0.15) is 11.3 Å². The van der Waals surface area contributed by atoms with Crippen molar-refractivity contribution in [1.82, 2.24) is 15.0 Å². The number of rotatable bonds is 6. The molecule has 1 aromatic carbocycles. The van der Waals surface area contributed by atoms with Gasteiger partial charge in [0.2, 0.25) is 0 Å². The minimum Gasteiger partial charge on any atom is -0.333 e. The van der Waals surface area contributed by atoms with E-state index in [-0.39, 0.29) is 0 Å². The maximum Gasteiger partial charge on any atom is 0.166 e. The average molecular weight is 350 g/mol. The molecule has 0 amide bonds. The van der Waals surface area contributed by atoms with Crippen molar-refractivity contribution in [1.29, 1.82) is 0 Å². The number of aromatic amines is 1. The van der Waals surface area contributed by atoms with Crippen LogP contribution >= 0.6 is 35.1 Å². The van der Waals surface area contributed by atoms with Crippen LogP contribution in [0.2, 0.25) is 0 Å². The van der Waals surface area contributed by atoms with Crippen molar-refractivity contribution in [2.45, 2.75) is 22.7 Å². The molecule has 0 fully saturated rings. The fraction of sp³-hybridized carbons (Fsp3) is 0.250. The Bertz CT molecular complexity index is 740. The van der Waals surface area contributed by atoms with Crippen LogP contribution < -0.4 is 0 Å². The number of benzene rings is 1. The molecule has 0 spiro atoms. The summed E-state index contributed by atoms with van der Waals surface area (Å²) in [6, 6.07) is 10.1. The summed E-state index contributed by atoms with van der Waals surface area (Å²) in [7, 11) is 0. The first kappa shape index (κ1) is 15.7. The van der Waals surface area contributed by atoms with Gasteiger partial charge in [0.25, 0.3) is 0 Å². The SMILES string of the molecule is Cc1c(SCCCl)ccnc1CSc1nc2ccccc2[nH]1. The lowest BCUT2D eigenvalue weighted by molar-refractivity contribution is 1.05. The number of hydrogen-bond donors (Lipinski definition) is 1. The minimum atomic E-state index is 0.662. The highest BCUT2D eigenvalue weighted by molar-refractivity contribution is 7.99. The van der Waals surface area contributed by atoms with Crippen LogP contribution in [0.15, 0.2) is 46.6 Å². The Hall–Kier alpha value is -1.17. The first-order valence-corrected chi connectivity index (χ1v) is 9.49. The molecule has 1 N–H and O–H groups in total. The molecule has 0 atom stereocenters. The van der Waals surface area contributed by atoms with Crippen molar-refractivity contribution in [3.05, 3.63) is 47.8 Å². The second-order valence-corrected chi connectivity index (χ2v) is 7.24. The van der Waals surface area contributed by atoms with E-state index in [1.165, 1.54) is 10.5 Å². The first-order chi connectivity index (χ1) is 10.8. The molecule has 22 heavy (non-hydrogen) atoms. The second-order valence-electron chi connectivity index (χ2n) is 4.77. The molecule has 3 aromatic rings. The number of aromatic nitrogens is 3. The van der Waals surface area contributed by atoms with Crippen molar-refractivity contribution in [2.75, 3.05) is 11.6 Å². The second kappa shape index (κ2) is 7.40. The van der Waals surface area contributed by atoms with E-state index >= 15 is 0 Å². The van der Waals surface area contributed by atoms with Crippen LogP contribution in [0.5, 0.6) is 0 Å². The zero-order valence-electron chi connectivity index (χ0n) is 12.2. The third-order valence-corrected chi connectivity index (χ3v) is 5.77. The largest absolute Gasteiger partial charge is 0.333 e. The van der Waals surface area contributed by atoms with Gasteiger partial charge in [-0.3, -0.25) is 4.98 Å². The Morgan fingerprint density at radius 2 is 2.05 bits per heavy atom. The Kier molecular flexibility index (Phi) is 5.28. The molecule has 0 aliphatic rings. The minimum absolute atomic E-state index is 0.662. The molecule has 0 radical (unpaired) electrons. The molecule has 0 aliphatic carbocycles. The van der Waals surface area contributed by atoms with Gasteiger partial charge in [-0.25, -0.2) is 4.98 Å². The van der Waals surface area contributed by atoms with Gasteiger partial charge in [0.05, 0.1) is 16.7 Å². The molecule has 2 aromatic heterocycles. The summed E-state index contributed by atoms with van der Waals surface area (Å²) in [5.74, 6) is 2.39. The topological polar surface area (TPSA) is 41.6 Å². The number of nitrogens with one attached hydrogen (secondary N) is 1. The highest BCUT2D eigenvalue weighted by Crippen LogP contribution is 2.28. The zero-order valence-corrected chi connectivity index (χ0v) is 14.6. The Morgan fingerprint density at radius 3 is 2.86 bits per heavy atom. The van der Waals surface area contributed by atoms with Crippen molar-refractivity contribution in [3.8, 4) is 0 Å². The molecule has 0 unspecified atom stereocenters. The van der Waals surface area contributed by atoms with E-state index in [0.717, 1.165) is 33.4 Å². The van der Waals surface area contributed by atoms with Gasteiger partial charge in [0, 0.05) is 28.5 Å². The van der Waals surface area contributed by atoms with Gasteiger partial charge in [0.15, 0.2) is 5.16 Å². The van der Waals surface area contributed by atoms with E-state index in [1.807, 2.05) is 30.5 Å². The maximum atomic E-state index is 5.77. The average Bonchev–Trinajstić information content (AvgIpc) is 2.95. The number of halogens is 1. The Labute approximate surface area is 143 Å². The van der Waals surface area contributed by atoms with Gasteiger partial charge >= 0.3 is 0 Å². The normalized spacial score (nSPS) is 11.2. The van der Waals surface area contributed by atoms with E-state index in [4.69, 9.17) is 11.6 Å². The number of para-hydroxylation sites is 2. The summed E-state index contributed by atoms with van der Waals surface area (Å²) in [5.41, 5.74) is 4.41. The maximum absolute atomic E-state index is 5.77. The number of fused-ring (bicyclic) bond motifs is 1. The van der Waals surface area contributed by atoms with Gasteiger partial charge in [-0.15, -0.1) is 23.4 Å². The predicted octanol–water partition coefficient (Wildman–Crippen LogP) is 4.89. The van der Waals surface area contributed by atoms with Crippen LogP contribution in [0.3, 0.4) is 0 Å². The van der Waals surface area contributed by atoms with E-state index < -0.39 is 0 Å². The number of nitrogens with zero attached hydrogens (tertiary/aromatic N) is 2. The quantitative estimate of drug-likeness (QED) is 0.508. The smallest absolute Gasteiger partial charge is 0.166 e. The van der Waals surface area contributed by atoms with E-state index in [9.17, 15) is 0 Å². The van der Waals surface area contributed by atoms with Gasteiger partial charge in [0.1, 0.15) is 0 Å². The molecule has 2 heterocycles. The number of H-pyrrole nitrogens is 1. The Balaban J connectivity index is 1.73. The molecular formula is C16H16ClN3S2. The highest BCUT2D eigenvalue weighted by atomic mass is 35.5. The third kappa shape index (κ3) is 3.59. The first-order valence-electron chi connectivity index (χ1n) is 6.98. The van der Waals surface area contributed by atoms with Crippen molar-refractivity contribution in [2.24, 2.45) is 0 Å². The number of hydrogen-bond acceptors (Lipinski definition) is 4. The zero-order chi connectivity index (χ0) is 15.4. The number of pyridine rings is 1. The lowest BCUT2D eigenvalue weighted by Gasteiger charge is -2.08. The van der Waals surface area contributed by atoms with E-state index in [2.05, 4.69) is 27.9 Å². The van der Waals surface area contributed by atoms with E-state index in [0.29, 0.717) is 5.88 Å². The summed E-state index contributed by atoms with van der Waals surface area (Å²) in [6.45, 7) is 2.12. The molecule has 114 valence electrons. The fourth-order valence-electron chi connectivity index (χ4n) is 2.14. The van der Waals surface area contributed by atoms with Crippen LogP contribution in [-0.2, 0) is 5.75 Å². The molecule has 0 bridgehead atoms. The third-order valence-electron chi connectivity index (χ3n) is 3.31. The van der Waals surface area contributed by atoms with Crippen molar-refractivity contribution in [3.63, 3.8) is 0 Å². The number of imidazole rings is 1. The van der Waals surface area contributed by atoms with Crippen LogP contribution in [0.25, 0.3) is 11.0 Å². The molecule has 0 saturated carbocycles. The van der Waals surface area contributed by atoms with Crippen LogP contribution in [0.4, 0.5) is 0 Å². The summed E-state index contributed by atoms with van der Waals surface area (Å²) in [4.78, 5) is 13.7. The monoisotopic (exact) mass is 349 g/mol. The lowest BCUT2D eigenvalue weighted by atomic mass is 10.2. The summed E-state index contributed by atoms with van der Waals surface area (Å²) in [5, 5.41) is 0.932. The Morgan fingerprint density at radius 1 is 1.18 bits per heavy atom. The van der Waals surface area contributed by atoms with Crippen LogP contribution in [-0.4, -0.2) is 26.6 Å². The standard InChI is InChI=1S/C16H16ClN3S2/c1-11-14(18-8-6-15(11)21-9-7-17)10-22-16-19-12-4-2-3-5-13(12)20-16/h2-6,8H,7,9-10H2,1H3,(H,19,20). The lowest BCUT2D eigenvalue weighted by Crippen LogP contribution is -1.95. The summed E-state index contributed by atoms with van der Waals surface area (Å²) < 4.78 is 0. The van der Waals surface area contributed by atoms with Gasteiger partial charge in [-0.2, -0.15) is 0 Å². The van der Waals surface area contributed by atoms with Crippen molar-refractivity contribution < 1.29 is 0 Å². The molecule has 3 nitrogen and oxygen atoms in total. The number of alkyl halides is 1. The van der Waals surface area contributed by atoms with Gasteiger partial charge < -0.3 is 4.98 Å². The molecule has 0 aliphatic heterocycles. The van der Waals surface area contributed by atoms with Crippen molar-refractivity contribution >= 4 is 46.2 Å². The number of thioether (sulfide) groups is 2. The molecular weight excluding hydrogens is 334 g/mol. The van der Waals surface area contributed by atoms with E-state index in [1.54, 1.807) is 23.5 Å². The summed E-state index contributed by atoms with van der Waals surface area (Å²) >= 11 is 9.23. The van der Waals surface area contributed by atoms with Gasteiger partial charge in [-0.1, -0.05) is 23.9 Å². The van der Waals surface area contributed by atoms with Gasteiger partial charge in [-0.05, 0) is 30.7 Å². The molecule has 3 rings (SSSR count). The summed E-state index contributed by atoms with van der Waals surface area (Å²) in [6.07, 6.45) is 1.87. The predicted molar refractivity (Wildman–Crippen MR) is 96.1 cm³/mol. The molecule has 0 saturated heterocycles. The highest BCUT2D eigenvalue weighted by Gasteiger charge is 2.08.